The maximum absolute atomic E-state index is 12.9. The van der Waals surface area contributed by atoms with Crippen LogP contribution in [0.25, 0.3) is 0 Å². The number of esters is 3. The van der Waals surface area contributed by atoms with Gasteiger partial charge < -0.3 is 14.2 Å². The lowest BCUT2D eigenvalue weighted by atomic mass is 9.99. The summed E-state index contributed by atoms with van der Waals surface area (Å²) in [7, 11) is 0. The molecule has 0 radical (unpaired) electrons. The van der Waals surface area contributed by atoms with Gasteiger partial charge in [-0.3, -0.25) is 14.4 Å². The minimum Gasteiger partial charge on any atom is -0.462 e. The highest BCUT2D eigenvalue weighted by Crippen LogP contribution is 2.19. The van der Waals surface area contributed by atoms with Crippen LogP contribution in [0.4, 0.5) is 0 Å². The predicted octanol–water partition coefficient (Wildman–Crippen LogP) is 19.5. The minimum absolute atomic E-state index is 0.0638. The number of hydrogen-bond acceptors (Lipinski definition) is 6. The van der Waals surface area contributed by atoms with E-state index < -0.39 is 6.10 Å². The van der Waals surface area contributed by atoms with Crippen LogP contribution in [0.3, 0.4) is 0 Å². The van der Waals surface area contributed by atoms with E-state index in [0.717, 1.165) is 75.5 Å². The largest absolute Gasteiger partial charge is 0.462 e. The second-order valence-electron chi connectivity index (χ2n) is 21.8. The van der Waals surface area contributed by atoms with Crippen molar-refractivity contribution in [2.75, 3.05) is 13.2 Å². The average molecular weight is 934 g/mol. The van der Waals surface area contributed by atoms with Gasteiger partial charge in [-0.25, -0.2) is 0 Å². The van der Waals surface area contributed by atoms with Gasteiger partial charge in [-0.1, -0.05) is 292 Å². The van der Waals surface area contributed by atoms with Crippen molar-refractivity contribution in [2.45, 2.75) is 337 Å². The molecule has 1 unspecified atom stereocenters. The Morgan fingerprint density at radius 1 is 0.303 bits per heavy atom. The van der Waals surface area contributed by atoms with Crippen LogP contribution in [0.2, 0.25) is 0 Å². The first-order chi connectivity index (χ1) is 32.1. The van der Waals surface area contributed by atoms with Crippen LogP contribution in [0, 0.1) is 17.8 Å². The average Bonchev–Trinajstić information content (AvgIpc) is 3.29. The third-order valence-electron chi connectivity index (χ3n) is 14.0. The van der Waals surface area contributed by atoms with Crippen LogP contribution in [0.5, 0.6) is 0 Å². The van der Waals surface area contributed by atoms with Crippen molar-refractivity contribution in [3.8, 4) is 0 Å². The standard InChI is InChI=1S/C60H116O6/c1-7-56(6)48-42-36-30-24-19-21-26-32-38-44-50-59(62)65-53-57(52-64-58(61)49-43-37-31-25-20-18-23-29-35-41-47-55(4)5)66-60(63)51-45-39-33-27-17-15-13-11-9-8-10-12-14-16-22-28-34-40-46-54(2)3/h54-57H,7-53H2,1-6H3/t56?,57-/m0/s1. The lowest BCUT2D eigenvalue weighted by molar-refractivity contribution is -0.167. The third kappa shape index (κ3) is 51.8. The minimum atomic E-state index is -0.764. The van der Waals surface area contributed by atoms with Crippen LogP contribution in [-0.4, -0.2) is 37.2 Å². The maximum Gasteiger partial charge on any atom is 0.306 e. The van der Waals surface area contributed by atoms with Gasteiger partial charge in [-0.2, -0.15) is 0 Å². The van der Waals surface area contributed by atoms with Crippen molar-refractivity contribution in [1.29, 1.82) is 0 Å². The summed E-state index contributed by atoms with van der Waals surface area (Å²) in [5, 5.41) is 0. The molecule has 0 spiro atoms. The Balaban J connectivity index is 4.27. The zero-order chi connectivity index (χ0) is 48.4. The van der Waals surface area contributed by atoms with Gasteiger partial charge in [0.25, 0.3) is 0 Å². The first-order valence-corrected chi connectivity index (χ1v) is 29.6. The van der Waals surface area contributed by atoms with Crippen molar-refractivity contribution in [3.05, 3.63) is 0 Å². The lowest BCUT2D eigenvalue weighted by Crippen LogP contribution is -2.30. The highest BCUT2D eigenvalue weighted by molar-refractivity contribution is 5.71. The Bertz CT molecular complexity index is 1020. The SMILES string of the molecule is CCC(C)CCCCCCCCCCCCC(=O)OC[C@H](COC(=O)CCCCCCCCCCCCC(C)C)OC(=O)CCCCCCCCCCCCCCCCCCCCC(C)C. The number of unbranched alkanes of at least 4 members (excludes halogenated alkanes) is 35. The zero-order valence-corrected chi connectivity index (χ0v) is 45.5. The number of carbonyl (C=O) groups is 3. The van der Waals surface area contributed by atoms with E-state index in [9.17, 15) is 14.4 Å². The molecule has 0 amide bonds. The normalized spacial score (nSPS) is 12.5. The van der Waals surface area contributed by atoms with Gasteiger partial charge in [0.1, 0.15) is 13.2 Å². The summed E-state index contributed by atoms with van der Waals surface area (Å²) >= 11 is 0. The molecule has 0 aromatic heterocycles. The molecule has 0 N–H and O–H groups in total. The summed E-state index contributed by atoms with van der Waals surface area (Å²) in [4.78, 5) is 38.2. The molecule has 0 aromatic rings. The molecular formula is C60H116O6. The smallest absolute Gasteiger partial charge is 0.306 e. The van der Waals surface area contributed by atoms with Crippen LogP contribution >= 0.6 is 0 Å². The molecule has 2 atom stereocenters. The molecule has 6 nitrogen and oxygen atoms in total. The Morgan fingerprint density at radius 2 is 0.530 bits per heavy atom. The van der Waals surface area contributed by atoms with Crippen molar-refractivity contribution >= 4 is 17.9 Å². The molecule has 0 aromatic carbocycles. The maximum atomic E-state index is 12.9. The van der Waals surface area contributed by atoms with E-state index in [2.05, 4.69) is 41.5 Å². The van der Waals surface area contributed by atoms with E-state index in [4.69, 9.17) is 14.2 Å². The van der Waals surface area contributed by atoms with E-state index in [-0.39, 0.29) is 31.1 Å². The van der Waals surface area contributed by atoms with E-state index >= 15 is 0 Å². The summed E-state index contributed by atoms with van der Waals surface area (Å²) in [5.74, 6) is 1.70. The number of carbonyl (C=O) groups excluding carboxylic acids is 3. The van der Waals surface area contributed by atoms with Gasteiger partial charge in [-0.05, 0) is 37.0 Å². The summed E-state index contributed by atoms with van der Waals surface area (Å²) < 4.78 is 16.9. The van der Waals surface area contributed by atoms with Gasteiger partial charge in [0.15, 0.2) is 6.10 Å². The molecule has 0 heterocycles. The molecule has 0 saturated heterocycles. The fraction of sp³-hybridized carbons (Fsp3) is 0.950. The van der Waals surface area contributed by atoms with Gasteiger partial charge in [0, 0.05) is 19.3 Å². The second kappa shape index (κ2) is 51.3. The molecule has 0 aliphatic rings. The van der Waals surface area contributed by atoms with E-state index in [0.29, 0.717) is 19.3 Å². The summed E-state index contributed by atoms with van der Waals surface area (Å²) in [6.07, 6.45) is 53.8. The summed E-state index contributed by atoms with van der Waals surface area (Å²) in [6, 6.07) is 0. The van der Waals surface area contributed by atoms with Crippen molar-refractivity contribution in [1.82, 2.24) is 0 Å². The molecule has 0 rings (SSSR count). The van der Waals surface area contributed by atoms with Crippen molar-refractivity contribution < 1.29 is 28.6 Å². The predicted molar refractivity (Wildman–Crippen MR) is 284 cm³/mol. The van der Waals surface area contributed by atoms with Gasteiger partial charge in [0.2, 0.25) is 0 Å². The molecule has 66 heavy (non-hydrogen) atoms. The lowest BCUT2D eigenvalue weighted by Gasteiger charge is -2.18. The molecule has 0 aliphatic carbocycles. The topological polar surface area (TPSA) is 78.9 Å². The Hall–Kier alpha value is -1.59. The molecular weight excluding hydrogens is 817 g/mol. The van der Waals surface area contributed by atoms with E-state index in [1.54, 1.807) is 0 Å². The van der Waals surface area contributed by atoms with E-state index in [1.807, 2.05) is 0 Å². The Morgan fingerprint density at radius 3 is 0.788 bits per heavy atom. The molecule has 6 heteroatoms. The van der Waals surface area contributed by atoms with Gasteiger partial charge in [-0.15, -0.1) is 0 Å². The highest BCUT2D eigenvalue weighted by atomic mass is 16.6. The van der Waals surface area contributed by atoms with Crippen LogP contribution in [0.15, 0.2) is 0 Å². The van der Waals surface area contributed by atoms with Crippen LogP contribution in [-0.2, 0) is 28.6 Å². The quantitative estimate of drug-likeness (QED) is 0.0343. The van der Waals surface area contributed by atoms with Crippen LogP contribution < -0.4 is 0 Å². The second-order valence-corrected chi connectivity index (χ2v) is 21.8. The first-order valence-electron chi connectivity index (χ1n) is 29.6. The van der Waals surface area contributed by atoms with Gasteiger partial charge >= 0.3 is 17.9 Å². The molecule has 0 aliphatic heterocycles. The molecule has 0 bridgehead atoms. The fourth-order valence-corrected chi connectivity index (χ4v) is 9.14. The Labute approximate surface area is 412 Å². The van der Waals surface area contributed by atoms with E-state index in [1.165, 1.54) is 212 Å². The van der Waals surface area contributed by atoms with Crippen molar-refractivity contribution in [3.63, 3.8) is 0 Å². The van der Waals surface area contributed by atoms with Crippen molar-refractivity contribution in [2.24, 2.45) is 17.8 Å². The number of hydrogen-bond donors (Lipinski definition) is 0. The van der Waals surface area contributed by atoms with Crippen LogP contribution in [0.1, 0.15) is 330 Å². The number of ether oxygens (including phenoxy) is 3. The molecule has 0 saturated carbocycles. The number of rotatable bonds is 53. The first kappa shape index (κ1) is 64.4. The summed E-state index contributed by atoms with van der Waals surface area (Å²) in [6.45, 7) is 13.8. The third-order valence-corrected chi connectivity index (χ3v) is 14.0. The monoisotopic (exact) mass is 933 g/mol. The Kier molecular flexibility index (Phi) is 50.0. The molecule has 0 fully saturated rings. The molecule has 392 valence electrons. The fourth-order valence-electron chi connectivity index (χ4n) is 9.14. The summed E-state index contributed by atoms with van der Waals surface area (Å²) in [5.41, 5.74) is 0. The van der Waals surface area contributed by atoms with Gasteiger partial charge in [0.05, 0.1) is 0 Å². The highest BCUT2D eigenvalue weighted by Gasteiger charge is 2.19. The zero-order valence-electron chi connectivity index (χ0n) is 45.5.